The van der Waals surface area contributed by atoms with Gasteiger partial charge in [-0.1, -0.05) is 6.07 Å². The van der Waals surface area contributed by atoms with Crippen LogP contribution < -0.4 is 5.56 Å². The molecular weight excluding hydrogens is 244 g/mol. The summed E-state index contributed by atoms with van der Waals surface area (Å²) in [5, 5.41) is 15.3. The third kappa shape index (κ3) is 1.87. The van der Waals surface area contributed by atoms with E-state index in [0.717, 1.165) is 5.52 Å². The molecule has 19 heavy (non-hydrogen) atoms. The standard InChI is InChI=1S/C13H8N4O2/c1-7-15-10-3-2-8(4-11(10)19-7)13-9(6-14)5-12(18)16-17-13/h2-5H,1H3,(H,16,18). The third-order valence-corrected chi connectivity index (χ3v) is 2.70. The van der Waals surface area contributed by atoms with E-state index in [1.165, 1.54) is 6.07 Å². The van der Waals surface area contributed by atoms with Gasteiger partial charge in [0, 0.05) is 18.6 Å². The topological polar surface area (TPSA) is 95.6 Å². The van der Waals surface area contributed by atoms with Gasteiger partial charge in [-0.05, 0) is 12.1 Å². The lowest BCUT2D eigenvalue weighted by Gasteiger charge is -2.01. The number of aryl methyl sites for hydroxylation is 1. The second-order valence-electron chi connectivity index (χ2n) is 4.02. The fraction of sp³-hybridized carbons (Fsp3) is 0.0769. The molecule has 0 unspecified atom stereocenters. The van der Waals surface area contributed by atoms with E-state index in [1.54, 1.807) is 25.1 Å². The van der Waals surface area contributed by atoms with E-state index in [9.17, 15) is 4.79 Å². The highest BCUT2D eigenvalue weighted by atomic mass is 16.3. The zero-order valence-electron chi connectivity index (χ0n) is 9.97. The van der Waals surface area contributed by atoms with Crippen molar-refractivity contribution < 1.29 is 4.42 Å². The van der Waals surface area contributed by atoms with Crippen molar-refractivity contribution in [2.24, 2.45) is 0 Å². The van der Waals surface area contributed by atoms with Crippen LogP contribution in [0.2, 0.25) is 0 Å². The largest absolute Gasteiger partial charge is 0.441 e. The molecule has 3 aromatic rings. The van der Waals surface area contributed by atoms with Gasteiger partial charge < -0.3 is 4.42 Å². The van der Waals surface area contributed by atoms with E-state index in [1.807, 2.05) is 6.07 Å². The monoisotopic (exact) mass is 252 g/mol. The van der Waals surface area contributed by atoms with Crippen LogP contribution in [0.1, 0.15) is 11.5 Å². The van der Waals surface area contributed by atoms with Gasteiger partial charge >= 0.3 is 0 Å². The Kier molecular flexibility index (Phi) is 2.39. The van der Waals surface area contributed by atoms with Crippen molar-refractivity contribution in [3.8, 4) is 17.3 Å². The Morgan fingerprint density at radius 1 is 1.37 bits per heavy atom. The fourth-order valence-corrected chi connectivity index (χ4v) is 1.90. The molecule has 1 N–H and O–H groups in total. The SMILES string of the molecule is Cc1nc2ccc(-c3n[nH]c(=O)cc3C#N)cc2o1. The molecule has 6 heteroatoms. The molecule has 2 heterocycles. The van der Waals surface area contributed by atoms with Crippen molar-refractivity contribution in [2.75, 3.05) is 0 Å². The summed E-state index contributed by atoms with van der Waals surface area (Å²) in [6, 6.07) is 8.50. The second-order valence-corrected chi connectivity index (χ2v) is 4.02. The van der Waals surface area contributed by atoms with Crippen LogP contribution in [-0.2, 0) is 0 Å². The van der Waals surface area contributed by atoms with E-state index in [-0.39, 0.29) is 5.56 Å². The van der Waals surface area contributed by atoms with Gasteiger partial charge in [0.2, 0.25) is 0 Å². The van der Waals surface area contributed by atoms with E-state index >= 15 is 0 Å². The van der Waals surface area contributed by atoms with Crippen LogP contribution in [0.25, 0.3) is 22.4 Å². The van der Waals surface area contributed by atoms with Crippen LogP contribution in [0.15, 0.2) is 33.5 Å². The Balaban J connectivity index is 2.24. The maximum Gasteiger partial charge on any atom is 0.265 e. The minimum Gasteiger partial charge on any atom is -0.441 e. The molecule has 0 aliphatic heterocycles. The van der Waals surface area contributed by atoms with Crippen molar-refractivity contribution >= 4 is 11.1 Å². The maximum atomic E-state index is 11.2. The van der Waals surface area contributed by atoms with Gasteiger partial charge in [-0.2, -0.15) is 10.4 Å². The third-order valence-electron chi connectivity index (χ3n) is 2.70. The number of oxazole rings is 1. The van der Waals surface area contributed by atoms with Gasteiger partial charge in [-0.15, -0.1) is 0 Å². The minimum absolute atomic E-state index is 0.222. The molecule has 3 rings (SSSR count). The first kappa shape index (κ1) is 11.2. The van der Waals surface area contributed by atoms with Gasteiger partial charge in [0.1, 0.15) is 17.3 Å². The quantitative estimate of drug-likeness (QED) is 0.711. The Labute approximate surface area is 107 Å². The number of benzene rings is 1. The average Bonchev–Trinajstić information content (AvgIpc) is 2.77. The number of aromatic nitrogens is 3. The van der Waals surface area contributed by atoms with Crippen LogP contribution in [0, 0.1) is 18.3 Å². The Bertz CT molecular complexity index is 870. The number of hydrogen-bond donors (Lipinski definition) is 1. The van der Waals surface area contributed by atoms with Crippen molar-refractivity contribution in [1.29, 1.82) is 5.26 Å². The number of nitriles is 1. The molecule has 0 atom stereocenters. The summed E-state index contributed by atoms with van der Waals surface area (Å²) in [6.07, 6.45) is 0. The molecule has 0 radical (unpaired) electrons. The number of rotatable bonds is 1. The first-order valence-electron chi connectivity index (χ1n) is 5.55. The highest BCUT2D eigenvalue weighted by Crippen LogP contribution is 2.24. The lowest BCUT2D eigenvalue weighted by Crippen LogP contribution is -2.08. The van der Waals surface area contributed by atoms with Gasteiger partial charge in [0.05, 0.1) is 5.56 Å². The molecule has 0 saturated heterocycles. The molecule has 0 fully saturated rings. The van der Waals surface area contributed by atoms with Crippen LogP contribution in [0.4, 0.5) is 0 Å². The first-order chi connectivity index (χ1) is 9.17. The summed E-state index contributed by atoms with van der Waals surface area (Å²) in [4.78, 5) is 15.3. The molecule has 1 aromatic carbocycles. The van der Waals surface area contributed by atoms with Crippen LogP contribution >= 0.6 is 0 Å². The predicted molar refractivity (Wildman–Crippen MR) is 67.3 cm³/mol. The normalized spacial score (nSPS) is 10.5. The Hall–Kier alpha value is -2.94. The van der Waals surface area contributed by atoms with Gasteiger partial charge in [-0.25, -0.2) is 10.1 Å². The van der Waals surface area contributed by atoms with Crippen molar-refractivity contribution in [2.45, 2.75) is 6.92 Å². The maximum absolute atomic E-state index is 11.2. The number of aromatic amines is 1. The second kappa shape index (κ2) is 4.07. The molecule has 0 spiro atoms. The summed E-state index contributed by atoms with van der Waals surface area (Å²) in [5.74, 6) is 0.571. The number of nitrogens with one attached hydrogen (secondary N) is 1. The Morgan fingerprint density at radius 3 is 3.00 bits per heavy atom. The highest BCUT2D eigenvalue weighted by Gasteiger charge is 2.10. The molecule has 92 valence electrons. The Morgan fingerprint density at radius 2 is 2.21 bits per heavy atom. The molecule has 0 aliphatic rings. The molecule has 0 aliphatic carbocycles. The summed E-state index contributed by atoms with van der Waals surface area (Å²) in [7, 11) is 0. The molecule has 0 bridgehead atoms. The van der Waals surface area contributed by atoms with Gasteiger partial charge in [0.25, 0.3) is 5.56 Å². The fourth-order valence-electron chi connectivity index (χ4n) is 1.90. The first-order valence-corrected chi connectivity index (χ1v) is 5.55. The highest BCUT2D eigenvalue weighted by molar-refractivity contribution is 5.80. The summed E-state index contributed by atoms with van der Waals surface area (Å²) < 4.78 is 5.43. The number of nitrogens with zero attached hydrogens (tertiary/aromatic N) is 3. The molecular formula is C13H8N4O2. The van der Waals surface area contributed by atoms with E-state index in [2.05, 4.69) is 15.2 Å². The van der Waals surface area contributed by atoms with Gasteiger partial charge in [0.15, 0.2) is 11.5 Å². The number of fused-ring (bicyclic) bond motifs is 1. The van der Waals surface area contributed by atoms with E-state index in [4.69, 9.17) is 9.68 Å². The van der Waals surface area contributed by atoms with Crippen LogP contribution in [-0.4, -0.2) is 15.2 Å². The molecule has 0 saturated carbocycles. The number of hydrogen-bond acceptors (Lipinski definition) is 5. The summed E-state index contributed by atoms with van der Waals surface area (Å²) in [5.41, 5.74) is 2.28. The van der Waals surface area contributed by atoms with E-state index in [0.29, 0.717) is 22.7 Å². The average molecular weight is 252 g/mol. The summed E-state index contributed by atoms with van der Waals surface area (Å²) >= 11 is 0. The zero-order chi connectivity index (χ0) is 13.4. The molecule has 0 amide bonds. The minimum atomic E-state index is -0.406. The predicted octanol–water partition coefficient (Wildman–Crippen LogP) is 1.76. The lowest BCUT2D eigenvalue weighted by molar-refractivity contribution is 0.561. The summed E-state index contributed by atoms with van der Waals surface area (Å²) in [6.45, 7) is 1.76. The molecule has 2 aromatic heterocycles. The zero-order valence-corrected chi connectivity index (χ0v) is 9.97. The van der Waals surface area contributed by atoms with Crippen LogP contribution in [0.3, 0.4) is 0 Å². The lowest BCUT2D eigenvalue weighted by atomic mass is 10.1. The van der Waals surface area contributed by atoms with Crippen molar-refractivity contribution in [3.05, 3.63) is 46.1 Å². The number of H-pyrrole nitrogens is 1. The smallest absolute Gasteiger partial charge is 0.265 e. The molecule has 6 nitrogen and oxygen atoms in total. The van der Waals surface area contributed by atoms with Crippen molar-refractivity contribution in [3.63, 3.8) is 0 Å². The van der Waals surface area contributed by atoms with Crippen LogP contribution in [0.5, 0.6) is 0 Å². The van der Waals surface area contributed by atoms with E-state index < -0.39 is 5.56 Å². The van der Waals surface area contributed by atoms with Gasteiger partial charge in [-0.3, -0.25) is 4.79 Å². The van der Waals surface area contributed by atoms with Crippen molar-refractivity contribution in [1.82, 2.24) is 15.2 Å².